The van der Waals surface area contributed by atoms with Gasteiger partial charge in [0.25, 0.3) is 0 Å². The summed E-state index contributed by atoms with van der Waals surface area (Å²) in [5, 5.41) is 7.13. The normalized spacial score (nSPS) is 11.1. The van der Waals surface area contributed by atoms with E-state index in [0.717, 1.165) is 34.7 Å². The van der Waals surface area contributed by atoms with Gasteiger partial charge in [-0.05, 0) is 96.9 Å². The summed E-state index contributed by atoms with van der Waals surface area (Å²) >= 11 is 9.27. The van der Waals surface area contributed by atoms with E-state index in [1.807, 2.05) is 23.5 Å². The molecule has 2 N–H and O–H groups in total. The largest absolute Gasteiger partial charge is 0.332 e. The molecule has 0 saturated heterocycles. The lowest BCUT2D eigenvalue weighted by atomic mass is 10.2. The lowest BCUT2D eigenvalue weighted by Gasteiger charge is -2.12. The van der Waals surface area contributed by atoms with Crippen LogP contribution in [0.1, 0.15) is 40.5 Å². The Morgan fingerprint density at radius 1 is 0.714 bits per heavy atom. The number of anilines is 2. The van der Waals surface area contributed by atoms with E-state index in [4.69, 9.17) is 12.2 Å². The highest BCUT2D eigenvalue weighted by atomic mass is 32.2. The fourth-order valence-corrected chi connectivity index (χ4v) is 4.93. The van der Waals surface area contributed by atoms with Crippen molar-refractivity contribution >= 4 is 52.2 Å². The maximum absolute atomic E-state index is 5.45. The zero-order chi connectivity index (χ0) is 20.4. The number of hydrogen-bond donors (Lipinski definition) is 2. The molecule has 0 spiro atoms. The predicted octanol–water partition coefficient (Wildman–Crippen LogP) is 7.77. The first-order valence-corrected chi connectivity index (χ1v) is 12.3. The quantitative estimate of drug-likeness (QED) is 0.295. The molecule has 152 valence electrons. The molecule has 0 aliphatic heterocycles. The summed E-state index contributed by atoms with van der Waals surface area (Å²) in [5.74, 6) is 3.83. The van der Waals surface area contributed by atoms with E-state index in [1.54, 1.807) is 0 Å². The molecular weight excluding hydrogens is 400 g/mol. The first-order chi connectivity index (χ1) is 13.4. The summed E-state index contributed by atoms with van der Waals surface area (Å²) in [6.07, 6.45) is 2.49. The fourth-order valence-electron chi connectivity index (χ4n) is 2.39. The number of hydrogen-bond acceptors (Lipinski definition) is 3. The van der Waals surface area contributed by atoms with Crippen molar-refractivity contribution in [3.05, 3.63) is 48.5 Å². The molecule has 0 aromatic heterocycles. The second-order valence-electron chi connectivity index (χ2n) is 7.69. The average molecular weight is 433 g/mol. The number of nitrogens with one attached hydrogen (secondary N) is 2. The van der Waals surface area contributed by atoms with Crippen molar-refractivity contribution in [3.63, 3.8) is 0 Å². The standard InChI is InChI=1S/C23H32N2S3/c1-17(2)13-15-27-21-9-5-19(6-10-21)24-23(26)25-20-7-11-22(12-8-20)28-16-14-18(3)4/h5-12,17-18H,13-16H2,1-4H3,(H2,24,25,26). The smallest absolute Gasteiger partial charge is 0.175 e. The SMILES string of the molecule is CC(C)CCSc1ccc(NC(=S)Nc2ccc(SCCC(C)C)cc2)cc1. The molecule has 5 heteroatoms. The molecule has 0 saturated carbocycles. The van der Waals surface area contributed by atoms with Crippen molar-refractivity contribution in [2.45, 2.75) is 50.3 Å². The van der Waals surface area contributed by atoms with Gasteiger partial charge in [0.05, 0.1) is 0 Å². The summed E-state index contributed by atoms with van der Waals surface area (Å²) in [6, 6.07) is 16.9. The number of benzene rings is 2. The summed E-state index contributed by atoms with van der Waals surface area (Å²) in [7, 11) is 0. The zero-order valence-electron chi connectivity index (χ0n) is 17.3. The Hall–Kier alpha value is -1.17. The Morgan fingerprint density at radius 2 is 1.07 bits per heavy atom. The van der Waals surface area contributed by atoms with E-state index >= 15 is 0 Å². The van der Waals surface area contributed by atoms with E-state index < -0.39 is 0 Å². The van der Waals surface area contributed by atoms with Gasteiger partial charge in [-0.25, -0.2) is 0 Å². The van der Waals surface area contributed by atoms with Crippen molar-refractivity contribution in [2.24, 2.45) is 11.8 Å². The molecule has 28 heavy (non-hydrogen) atoms. The molecule has 0 unspecified atom stereocenters. The van der Waals surface area contributed by atoms with Gasteiger partial charge in [0.1, 0.15) is 0 Å². The molecule has 2 nitrogen and oxygen atoms in total. The van der Waals surface area contributed by atoms with Crippen LogP contribution < -0.4 is 10.6 Å². The number of thiocarbonyl (C=S) groups is 1. The lowest BCUT2D eigenvalue weighted by molar-refractivity contribution is 0.632. The Labute approximate surface area is 184 Å². The summed E-state index contributed by atoms with van der Waals surface area (Å²) in [5.41, 5.74) is 2.01. The topological polar surface area (TPSA) is 24.1 Å². The highest BCUT2D eigenvalue weighted by Crippen LogP contribution is 2.24. The van der Waals surface area contributed by atoms with Crippen LogP contribution >= 0.6 is 35.7 Å². The van der Waals surface area contributed by atoms with Crippen molar-refractivity contribution in [3.8, 4) is 0 Å². The maximum Gasteiger partial charge on any atom is 0.175 e. The molecule has 0 heterocycles. The molecule has 0 bridgehead atoms. The highest BCUT2D eigenvalue weighted by Gasteiger charge is 2.02. The second kappa shape index (κ2) is 12.4. The first kappa shape index (κ1) is 23.1. The molecule has 2 aromatic rings. The highest BCUT2D eigenvalue weighted by molar-refractivity contribution is 7.99. The van der Waals surface area contributed by atoms with Crippen LogP contribution in [0.25, 0.3) is 0 Å². The van der Waals surface area contributed by atoms with Gasteiger partial charge < -0.3 is 10.6 Å². The Kier molecular flexibility index (Phi) is 10.2. The Morgan fingerprint density at radius 3 is 1.39 bits per heavy atom. The van der Waals surface area contributed by atoms with Gasteiger partial charge in [0, 0.05) is 21.2 Å². The molecule has 0 fully saturated rings. The zero-order valence-corrected chi connectivity index (χ0v) is 19.8. The molecule has 0 atom stereocenters. The van der Waals surface area contributed by atoms with Gasteiger partial charge in [0.15, 0.2) is 5.11 Å². The number of thioether (sulfide) groups is 2. The third-order valence-electron chi connectivity index (χ3n) is 4.15. The van der Waals surface area contributed by atoms with Crippen LogP contribution in [-0.2, 0) is 0 Å². The van der Waals surface area contributed by atoms with Gasteiger partial charge in [-0.2, -0.15) is 0 Å². The minimum Gasteiger partial charge on any atom is -0.332 e. The van der Waals surface area contributed by atoms with E-state index in [2.05, 4.69) is 86.9 Å². The summed E-state index contributed by atoms with van der Waals surface area (Å²) in [6.45, 7) is 9.06. The van der Waals surface area contributed by atoms with Crippen molar-refractivity contribution in [2.75, 3.05) is 22.1 Å². The Balaban J connectivity index is 1.77. The molecule has 0 amide bonds. The molecule has 0 radical (unpaired) electrons. The maximum atomic E-state index is 5.45. The molecule has 0 aliphatic carbocycles. The first-order valence-electron chi connectivity index (χ1n) is 9.96. The summed E-state index contributed by atoms with van der Waals surface area (Å²) in [4.78, 5) is 2.60. The fraction of sp³-hybridized carbons (Fsp3) is 0.435. The van der Waals surface area contributed by atoms with Gasteiger partial charge in [-0.3, -0.25) is 0 Å². The third-order valence-corrected chi connectivity index (χ3v) is 6.45. The third kappa shape index (κ3) is 9.35. The minimum absolute atomic E-state index is 0.612. The molecule has 0 aliphatic rings. The summed E-state index contributed by atoms with van der Waals surface area (Å²) < 4.78 is 0. The monoisotopic (exact) mass is 432 g/mol. The lowest BCUT2D eigenvalue weighted by Crippen LogP contribution is -2.18. The van der Waals surface area contributed by atoms with E-state index in [1.165, 1.54) is 22.6 Å². The van der Waals surface area contributed by atoms with Crippen LogP contribution in [0.5, 0.6) is 0 Å². The van der Waals surface area contributed by atoms with Crippen LogP contribution in [0.15, 0.2) is 58.3 Å². The van der Waals surface area contributed by atoms with Gasteiger partial charge in [0.2, 0.25) is 0 Å². The van der Waals surface area contributed by atoms with E-state index in [-0.39, 0.29) is 0 Å². The van der Waals surface area contributed by atoms with Crippen molar-refractivity contribution in [1.29, 1.82) is 0 Å². The van der Waals surface area contributed by atoms with Crippen LogP contribution in [0, 0.1) is 11.8 Å². The second-order valence-corrected chi connectivity index (χ2v) is 10.4. The molecular formula is C23H32N2S3. The van der Waals surface area contributed by atoms with Gasteiger partial charge in [-0.1, -0.05) is 27.7 Å². The van der Waals surface area contributed by atoms with Crippen LogP contribution in [0.2, 0.25) is 0 Å². The van der Waals surface area contributed by atoms with Crippen molar-refractivity contribution in [1.82, 2.24) is 0 Å². The van der Waals surface area contributed by atoms with Crippen LogP contribution in [0.4, 0.5) is 11.4 Å². The van der Waals surface area contributed by atoms with Crippen molar-refractivity contribution < 1.29 is 0 Å². The predicted molar refractivity (Wildman–Crippen MR) is 133 cm³/mol. The molecule has 2 aromatic carbocycles. The minimum atomic E-state index is 0.612. The van der Waals surface area contributed by atoms with E-state index in [9.17, 15) is 0 Å². The van der Waals surface area contributed by atoms with Crippen LogP contribution in [-0.4, -0.2) is 16.6 Å². The number of rotatable bonds is 10. The van der Waals surface area contributed by atoms with Gasteiger partial charge in [-0.15, -0.1) is 23.5 Å². The molecule has 2 rings (SSSR count). The van der Waals surface area contributed by atoms with E-state index in [0.29, 0.717) is 5.11 Å². The average Bonchev–Trinajstić information content (AvgIpc) is 2.64. The van der Waals surface area contributed by atoms with Crippen LogP contribution in [0.3, 0.4) is 0 Å². The Bertz CT molecular complexity index is 648. The van der Waals surface area contributed by atoms with Gasteiger partial charge >= 0.3 is 0 Å².